The van der Waals surface area contributed by atoms with Crippen molar-refractivity contribution in [3.8, 4) is 0 Å². The first-order valence-electron chi connectivity index (χ1n) is 6.33. The number of hydrogen-bond acceptors (Lipinski definition) is 3. The smallest absolute Gasteiger partial charge is 0.123 e. The van der Waals surface area contributed by atoms with Gasteiger partial charge in [-0.2, -0.15) is 0 Å². The summed E-state index contributed by atoms with van der Waals surface area (Å²) in [5.41, 5.74) is 0.633. The Labute approximate surface area is 108 Å². The Morgan fingerprint density at radius 3 is 2.83 bits per heavy atom. The topological polar surface area (TPSA) is 32.7 Å². The molecule has 0 fully saturated rings. The van der Waals surface area contributed by atoms with Crippen molar-refractivity contribution < 1.29 is 14.2 Å². The molecule has 0 aromatic heterocycles. The molecule has 0 aliphatic carbocycles. The van der Waals surface area contributed by atoms with Gasteiger partial charge in [0.05, 0.1) is 12.7 Å². The summed E-state index contributed by atoms with van der Waals surface area (Å²) >= 11 is 0. The molecule has 0 aliphatic heterocycles. The summed E-state index contributed by atoms with van der Waals surface area (Å²) in [6.45, 7) is 4.98. The third-order valence-electron chi connectivity index (χ3n) is 2.84. The molecule has 18 heavy (non-hydrogen) atoms. The number of likely N-dealkylation sites (N-methyl/N-ethyl adjacent to an activating group) is 1. The maximum Gasteiger partial charge on any atom is 0.123 e. The quantitative estimate of drug-likeness (QED) is 0.723. The minimum atomic E-state index is -0.616. The number of rotatable bonds is 8. The fourth-order valence-corrected chi connectivity index (χ4v) is 1.70. The predicted octanol–water partition coefficient (Wildman–Crippen LogP) is 2.22. The van der Waals surface area contributed by atoms with E-state index >= 15 is 0 Å². The highest BCUT2D eigenvalue weighted by Crippen LogP contribution is 2.17. The highest BCUT2D eigenvalue weighted by molar-refractivity contribution is 5.18. The van der Waals surface area contributed by atoms with Gasteiger partial charge in [0.1, 0.15) is 5.82 Å². The average Bonchev–Trinajstić information content (AvgIpc) is 2.36. The van der Waals surface area contributed by atoms with Gasteiger partial charge in [-0.05, 0) is 38.1 Å². The molecule has 1 atom stereocenters. The Bertz CT molecular complexity index is 346. The van der Waals surface area contributed by atoms with Crippen molar-refractivity contribution in [1.82, 2.24) is 4.90 Å². The SMILES string of the molecule is CCOCCN(C)CCC(O)c1cccc(F)c1. The van der Waals surface area contributed by atoms with Gasteiger partial charge in [-0.3, -0.25) is 0 Å². The Morgan fingerprint density at radius 1 is 1.39 bits per heavy atom. The largest absolute Gasteiger partial charge is 0.388 e. The summed E-state index contributed by atoms with van der Waals surface area (Å²) < 4.78 is 18.3. The number of aliphatic hydroxyl groups excluding tert-OH is 1. The molecule has 4 heteroatoms. The van der Waals surface area contributed by atoms with Crippen LogP contribution in [0.4, 0.5) is 4.39 Å². The van der Waals surface area contributed by atoms with Crippen LogP contribution < -0.4 is 0 Å². The van der Waals surface area contributed by atoms with Gasteiger partial charge in [-0.1, -0.05) is 12.1 Å². The van der Waals surface area contributed by atoms with Crippen LogP contribution in [0.2, 0.25) is 0 Å². The summed E-state index contributed by atoms with van der Waals surface area (Å²) in [5.74, 6) is -0.309. The molecule has 1 unspecified atom stereocenters. The molecule has 1 N–H and O–H groups in total. The second-order valence-electron chi connectivity index (χ2n) is 4.36. The van der Waals surface area contributed by atoms with E-state index in [1.807, 2.05) is 14.0 Å². The van der Waals surface area contributed by atoms with E-state index in [1.54, 1.807) is 12.1 Å². The molecule has 0 amide bonds. The first-order valence-corrected chi connectivity index (χ1v) is 6.33. The first-order chi connectivity index (χ1) is 8.63. The molecule has 0 saturated heterocycles. The average molecular weight is 255 g/mol. The molecule has 0 bridgehead atoms. The number of benzene rings is 1. The molecule has 0 radical (unpaired) electrons. The molecule has 1 aromatic rings. The minimum Gasteiger partial charge on any atom is -0.388 e. The van der Waals surface area contributed by atoms with Gasteiger partial charge in [0.15, 0.2) is 0 Å². The third-order valence-corrected chi connectivity index (χ3v) is 2.84. The van der Waals surface area contributed by atoms with Crippen LogP contribution in [0.3, 0.4) is 0 Å². The van der Waals surface area contributed by atoms with Gasteiger partial charge in [-0.25, -0.2) is 4.39 Å². The second-order valence-corrected chi connectivity index (χ2v) is 4.36. The Kier molecular flexibility index (Phi) is 6.86. The molecule has 102 valence electrons. The van der Waals surface area contributed by atoms with Crippen LogP contribution in [0.1, 0.15) is 25.0 Å². The summed E-state index contributed by atoms with van der Waals surface area (Å²) in [5, 5.41) is 9.94. The van der Waals surface area contributed by atoms with E-state index in [0.29, 0.717) is 18.6 Å². The lowest BCUT2D eigenvalue weighted by atomic mass is 10.1. The van der Waals surface area contributed by atoms with Crippen molar-refractivity contribution in [3.05, 3.63) is 35.6 Å². The lowest BCUT2D eigenvalue weighted by molar-refractivity contribution is 0.108. The van der Waals surface area contributed by atoms with Crippen molar-refractivity contribution in [2.75, 3.05) is 33.4 Å². The predicted molar refractivity (Wildman–Crippen MR) is 70.0 cm³/mol. The van der Waals surface area contributed by atoms with Crippen LogP contribution in [0.15, 0.2) is 24.3 Å². The standard InChI is InChI=1S/C14H22FNO2/c1-3-18-10-9-16(2)8-7-14(17)12-5-4-6-13(15)11-12/h4-6,11,14,17H,3,7-10H2,1-2H3. The van der Waals surface area contributed by atoms with E-state index in [-0.39, 0.29) is 5.82 Å². The highest BCUT2D eigenvalue weighted by Gasteiger charge is 2.09. The van der Waals surface area contributed by atoms with Crippen molar-refractivity contribution >= 4 is 0 Å². The Balaban J connectivity index is 2.30. The normalized spacial score (nSPS) is 12.9. The van der Waals surface area contributed by atoms with Gasteiger partial charge in [0.25, 0.3) is 0 Å². The maximum absolute atomic E-state index is 13.0. The van der Waals surface area contributed by atoms with Crippen LogP contribution in [-0.4, -0.2) is 43.4 Å². The van der Waals surface area contributed by atoms with Crippen LogP contribution in [0, 0.1) is 5.82 Å². The van der Waals surface area contributed by atoms with Gasteiger partial charge >= 0.3 is 0 Å². The van der Waals surface area contributed by atoms with Crippen LogP contribution in [0.25, 0.3) is 0 Å². The van der Waals surface area contributed by atoms with E-state index in [0.717, 1.165) is 19.7 Å². The molecule has 0 aliphatic rings. The number of ether oxygens (including phenoxy) is 1. The first kappa shape index (κ1) is 15.1. The van der Waals surface area contributed by atoms with Crippen molar-refractivity contribution in [1.29, 1.82) is 0 Å². The third kappa shape index (κ3) is 5.58. The second kappa shape index (κ2) is 8.19. The van der Waals surface area contributed by atoms with Crippen molar-refractivity contribution in [3.63, 3.8) is 0 Å². The lowest BCUT2D eigenvalue weighted by Gasteiger charge is -2.18. The zero-order valence-corrected chi connectivity index (χ0v) is 11.1. The van der Waals surface area contributed by atoms with Crippen LogP contribution in [0.5, 0.6) is 0 Å². The minimum absolute atomic E-state index is 0.309. The van der Waals surface area contributed by atoms with Crippen molar-refractivity contribution in [2.24, 2.45) is 0 Å². The highest BCUT2D eigenvalue weighted by atomic mass is 19.1. The van der Waals surface area contributed by atoms with E-state index in [1.165, 1.54) is 12.1 Å². The summed E-state index contributed by atoms with van der Waals surface area (Å²) in [6.07, 6.45) is -0.0262. The van der Waals surface area contributed by atoms with Gasteiger partial charge < -0.3 is 14.7 Å². The number of hydrogen-bond donors (Lipinski definition) is 1. The summed E-state index contributed by atoms with van der Waals surface area (Å²) in [4.78, 5) is 2.10. The Hall–Kier alpha value is -0.970. The molecular weight excluding hydrogens is 233 g/mol. The zero-order chi connectivity index (χ0) is 13.4. The fraction of sp³-hybridized carbons (Fsp3) is 0.571. The lowest BCUT2D eigenvalue weighted by Crippen LogP contribution is -2.25. The Morgan fingerprint density at radius 2 is 2.17 bits per heavy atom. The number of aliphatic hydroxyl groups is 1. The van der Waals surface area contributed by atoms with E-state index in [4.69, 9.17) is 4.74 Å². The summed E-state index contributed by atoms with van der Waals surface area (Å²) in [6, 6.07) is 6.12. The molecule has 3 nitrogen and oxygen atoms in total. The molecule has 0 heterocycles. The molecule has 1 aromatic carbocycles. The number of nitrogens with zero attached hydrogens (tertiary/aromatic N) is 1. The van der Waals surface area contributed by atoms with E-state index in [2.05, 4.69) is 4.90 Å². The van der Waals surface area contributed by atoms with Gasteiger partial charge in [0.2, 0.25) is 0 Å². The summed E-state index contributed by atoms with van der Waals surface area (Å²) in [7, 11) is 1.98. The van der Waals surface area contributed by atoms with Crippen molar-refractivity contribution in [2.45, 2.75) is 19.4 Å². The van der Waals surface area contributed by atoms with Crippen LogP contribution >= 0.6 is 0 Å². The zero-order valence-electron chi connectivity index (χ0n) is 11.1. The monoisotopic (exact) mass is 255 g/mol. The fourth-order valence-electron chi connectivity index (χ4n) is 1.70. The molecule has 0 spiro atoms. The van der Waals surface area contributed by atoms with Gasteiger partial charge in [-0.15, -0.1) is 0 Å². The van der Waals surface area contributed by atoms with Crippen LogP contribution in [-0.2, 0) is 4.74 Å². The van der Waals surface area contributed by atoms with E-state index in [9.17, 15) is 9.50 Å². The molecule has 0 saturated carbocycles. The molecular formula is C14H22FNO2. The number of halogens is 1. The maximum atomic E-state index is 13.0. The van der Waals surface area contributed by atoms with E-state index < -0.39 is 6.10 Å². The molecule has 1 rings (SSSR count). The van der Waals surface area contributed by atoms with Gasteiger partial charge in [0, 0.05) is 19.7 Å².